The summed E-state index contributed by atoms with van der Waals surface area (Å²) < 4.78 is 17.3. The van der Waals surface area contributed by atoms with Crippen LogP contribution >= 0.6 is 11.8 Å². The van der Waals surface area contributed by atoms with Crippen molar-refractivity contribution in [3.63, 3.8) is 0 Å². The number of rotatable bonds is 21. The van der Waals surface area contributed by atoms with E-state index in [2.05, 4.69) is 28.7 Å². The number of amides is 1. The van der Waals surface area contributed by atoms with E-state index in [1.807, 2.05) is 36.4 Å². The second-order valence-electron chi connectivity index (χ2n) is 10.4. The predicted molar refractivity (Wildman–Crippen MR) is 167 cm³/mol. The summed E-state index contributed by atoms with van der Waals surface area (Å²) in [6.07, 6.45) is 17.9. The molecule has 1 aliphatic heterocycles. The molecular formula is C33H48N2O4S. The van der Waals surface area contributed by atoms with Crippen LogP contribution in [0.15, 0.2) is 54.1 Å². The molecule has 0 aliphatic carbocycles. The molecule has 1 amide bonds. The first kappa shape index (κ1) is 31.7. The Morgan fingerprint density at radius 1 is 0.875 bits per heavy atom. The molecule has 7 heteroatoms. The molecule has 1 heterocycles. The van der Waals surface area contributed by atoms with Crippen molar-refractivity contribution in [1.82, 2.24) is 4.90 Å². The maximum absolute atomic E-state index is 12.6. The Hall–Kier alpha value is -2.80. The molecule has 1 N–H and O–H groups in total. The van der Waals surface area contributed by atoms with Gasteiger partial charge in [-0.25, -0.2) is 0 Å². The Morgan fingerprint density at radius 3 is 2.25 bits per heavy atom. The maximum atomic E-state index is 12.6. The molecule has 0 radical (unpaired) electrons. The van der Waals surface area contributed by atoms with Crippen LogP contribution in [0.5, 0.6) is 17.2 Å². The zero-order valence-electron chi connectivity index (χ0n) is 24.5. The number of unbranched alkanes of at least 4 members (excludes halogenated alkanes) is 11. The number of nitrogens with one attached hydrogen (secondary N) is 1. The maximum Gasteiger partial charge on any atom is 0.262 e. The van der Waals surface area contributed by atoms with Crippen LogP contribution in [0.1, 0.15) is 89.5 Å². The number of para-hydroxylation sites is 1. The lowest BCUT2D eigenvalue weighted by Gasteiger charge is -2.18. The Balaban J connectivity index is 1.31. The van der Waals surface area contributed by atoms with Gasteiger partial charge in [0.1, 0.15) is 5.75 Å². The molecule has 0 bridgehead atoms. The number of carbonyl (C=O) groups is 1. The smallest absolute Gasteiger partial charge is 0.262 e. The lowest BCUT2D eigenvalue weighted by atomic mass is 10.1. The number of benzene rings is 2. The van der Waals surface area contributed by atoms with Crippen molar-refractivity contribution in [3.8, 4) is 17.2 Å². The van der Waals surface area contributed by atoms with Crippen LogP contribution in [-0.2, 0) is 11.3 Å². The van der Waals surface area contributed by atoms with Crippen LogP contribution in [0.2, 0.25) is 0 Å². The van der Waals surface area contributed by atoms with Crippen molar-refractivity contribution in [2.45, 2.75) is 90.5 Å². The monoisotopic (exact) mass is 568 g/mol. The standard InChI is InChI=1S/C33H48N2O4S/c1-3-4-5-6-7-8-9-10-11-12-13-16-22-38-31-20-19-29(24-32(31)37-2)39-26-33(36)34-30-18-15-14-17-28(30)25-35-21-23-40-27-35/h14-15,17-21,23-24H,3-13,16,22,25-27H2,1-2H3,(H,34,36). The van der Waals surface area contributed by atoms with E-state index in [1.165, 1.54) is 70.6 Å². The third-order valence-corrected chi connectivity index (χ3v) is 7.83. The van der Waals surface area contributed by atoms with Crippen LogP contribution in [0, 0.1) is 0 Å². The van der Waals surface area contributed by atoms with Crippen molar-refractivity contribution in [2.24, 2.45) is 0 Å². The molecule has 0 unspecified atom stereocenters. The number of ether oxygens (including phenoxy) is 3. The van der Waals surface area contributed by atoms with Gasteiger partial charge in [-0.05, 0) is 35.6 Å². The molecule has 40 heavy (non-hydrogen) atoms. The summed E-state index contributed by atoms with van der Waals surface area (Å²) in [5.41, 5.74) is 1.87. The van der Waals surface area contributed by atoms with Gasteiger partial charge >= 0.3 is 0 Å². The first-order valence-corrected chi connectivity index (χ1v) is 16.1. The molecule has 0 aromatic heterocycles. The van der Waals surface area contributed by atoms with E-state index in [0.717, 1.165) is 30.1 Å². The molecule has 1 aliphatic rings. The summed E-state index contributed by atoms with van der Waals surface area (Å²) >= 11 is 1.76. The molecule has 2 aromatic carbocycles. The van der Waals surface area contributed by atoms with Crippen molar-refractivity contribution in [3.05, 3.63) is 59.6 Å². The molecule has 2 aromatic rings. The van der Waals surface area contributed by atoms with Gasteiger partial charge in [-0.15, -0.1) is 11.8 Å². The molecule has 0 atom stereocenters. The third-order valence-electron chi connectivity index (χ3n) is 7.03. The number of nitrogens with zero attached hydrogens (tertiary/aromatic N) is 1. The highest BCUT2D eigenvalue weighted by Gasteiger charge is 2.12. The third kappa shape index (κ3) is 12.2. The zero-order valence-corrected chi connectivity index (χ0v) is 25.3. The highest BCUT2D eigenvalue weighted by Crippen LogP contribution is 2.31. The lowest BCUT2D eigenvalue weighted by molar-refractivity contribution is -0.118. The number of carbonyl (C=O) groups excluding carboxylic acids is 1. The van der Waals surface area contributed by atoms with Gasteiger partial charge in [-0.2, -0.15) is 0 Å². The van der Waals surface area contributed by atoms with Crippen LogP contribution in [0.3, 0.4) is 0 Å². The normalized spacial score (nSPS) is 12.5. The number of anilines is 1. The summed E-state index contributed by atoms with van der Waals surface area (Å²) in [4.78, 5) is 14.8. The first-order chi connectivity index (χ1) is 19.7. The number of hydrogen-bond donors (Lipinski definition) is 1. The van der Waals surface area contributed by atoms with E-state index in [0.29, 0.717) is 23.9 Å². The summed E-state index contributed by atoms with van der Waals surface area (Å²) in [6.45, 7) is 3.60. The molecule has 0 fully saturated rings. The Kier molecular flexibility index (Phi) is 15.3. The first-order valence-electron chi connectivity index (χ1n) is 15.0. The topological polar surface area (TPSA) is 60.0 Å². The fourth-order valence-corrected chi connectivity index (χ4v) is 5.44. The fraction of sp³-hybridized carbons (Fsp3) is 0.545. The van der Waals surface area contributed by atoms with Gasteiger partial charge in [0.25, 0.3) is 5.91 Å². The van der Waals surface area contributed by atoms with Crippen LogP contribution in [-0.4, -0.2) is 37.0 Å². The average molecular weight is 569 g/mol. The molecule has 0 saturated carbocycles. The molecule has 3 rings (SSSR count). The van der Waals surface area contributed by atoms with Gasteiger partial charge < -0.3 is 24.4 Å². The van der Waals surface area contributed by atoms with Crippen molar-refractivity contribution in [2.75, 3.05) is 31.5 Å². The van der Waals surface area contributed by atoms with Gasteiger partial charge in [-0.3, -0.25) is 4.79 Å². The summed E-state index contributed by atoms with van der Waals surface area (Å²) in [7, 11) is 1.62. The molecule has 220 valence electrons. The van der Waals surface area contributed by atoms with E-state index >= 15 is 0 Å². The number of methoxy groups -OCH3 is 1. The molecular weight excluding hydrogens is 520 g/mol. The SMILES string of the molecule is CCCCCCCCCCCCCCOc1ccc(OCC(=O)Nc2ccccc2CN2C=CSC2)cc1OC. The van der Waals surface area contributed by atoms with E-state index in [9.17, 15) is 4.79 Å². The van der Waals surface area contributed by atoms with E-state index in [1.54, 1.807) is 24.9 Å². The highest BCUT2D eigenvalue weighted by atomic mass is 32.2. The van der Waals surface area contributed by atoms with Crippen LogP contribution < -0.4 is 19.5 Å². The number of thioether (sulfide) groups is 1. The van der Waals surface area contributed by atoms with Crippen molar-refractivity contribution < 1.29 is 19.0 Å². The van der Waals surface area contributed by atoms with Gasteiger partial charge in [0, 0.05) is 24.5 Å². The Morgan fingerprint density at radius 2 is 1.57 bits per heavy atom. The average Bonchev–Trinajstić information content (AvgIpc) is 3.49. The summed E-state index contributed by atoms with van der Waals surface area (Å²) in [5, 5.41) is 5.07. The molecule has 6 nitrogen and oxygen atoms in total. The van der Waals surface area contributed by atoms with Gasteiger partial charge in [0.15, 0.2) is 18.1 Å². The largest absolute Gasteiger partial charge is 0.493 e. The minimum Gasteiger partial charge on any atom is -0.493 e. The van der Waals surface area contributed by atoms with E-state index in [4.69, 9.17) is 14.2 Å². The van der Waals surface area contributed by atoms with Crippen LogP contribution in [0.25, 0.3) is 0 Å². The second-order valence-corrected chi connectivity index (χ2v) is 11.2. The Bertz CT molecular complexity index is 1030. The van der Waals surface area contributed by atoms with E-state index in [-0.39, 0.29) is 12.5 Å². The molecule has 0 spiro atoms. The minimum atomic E-state index is -0.204. The highest BCUT2D eigenvalue weighted by molar-refractivity contribution is 8.02. The zero-order chi connectivity index (χ0) is 28.3. The quantitative estimate of drug-likeness (QED) is 0.152. The van der Waals surface area contributed by atoms with Gasteiger partial charge in [-0.1, -0.05) is 95.8 Å². The predicted octanol–water partition coefficient (Wildman–Crippen LogP) is 8.77. The second kappa shape index (κ2) is 19.3. The van der Waals surface area contributed by atoms with Crippen molar-refractivity contribution >= 4 is 23.4 Å². The lowest BCUT2D eigenvalue weighted by Crippen LogP contribution is -2.22. The summed E-state index contributed by atoms with van der Waals surface area (Å²) in [6, 6.07) is 13.3. The van der Waals surface area contributed by atoms with Crippen LogP contribution in [0.4, 0.5) is 5.69 Å². The van der Waals surface area contributed by atoms with E-state index < -0.39 is 0 Å². The fourth-order valence-electron chi connectivity index (χ4n) is 4.73. The summed E-state index contributed by atoms with van der Waals surface area (Å²) in [5.74, 6) is 2.60. The molecule has 0 saturated heterocycles. The van der Waals surface area contributed by atoms with Gasteiger partial charge in [0.2, 0.25) is 0 Å². The van der Waals surface area contributed by atoms with Gasteiger partial charge in [0.05, 0.1) is 19.6 Å². The minimum absolute atomic E-state index is 0.0873. The Labute approximate surface area is 245 Å². The van der Waals surface area contributed by atoms with Crippen molar-refractivity contribution in [1.29, 1.82) is 0 Å². The number of hydrogen-bond acceptors (Lipinski definition) is 6.